The second-order valence-electron chi connectivity index (χ2n) is 4.75. The number of anilines is 1. The van der Waals surface area contributed by atoms with Gasteiger partial charge in [-0.3, -0.25) is 4.98 Å². The van der Waals surface area contributed by atoms with Gasteiger partial charge < -0.3 is 4.90 Å². The summed E-state index contributed by atoms with van der Waals surface area (Å²) in [4.78, 5) is 6.60. The molecule has 2 heterocycles. The van der Waals surface area contributed by atoms with Crippen LogP contribution in [0.3, 0.4) is 0 Å². The SMILES string of the molecule is Cc1ccncc1N1CCc2ccc(Cl)cc2C1. The number of benzene rings is 1. The molecule has 1 aromatic heterocycles. The number of halogens is 1. The minimum atomic E-state index is 0.818. The Hall–Kier alpha value is -1.54. The predicted octanol–water partition coefficient (Wildman–Crippen LogP) is 3.61. The highest BCUT2D eigenvalue weighted by Gasteiger charge is 2.17. The zero-order chi connectivity index (χ0) is 12.5. The molecule has 92 valence electrons. The highest BCUT2D eigenvalue weighted by molar-refractivity contribution is 6.30. The van der Waals surface area contributed by atoms with Gasteiger partial charge in [0.05, 0.1) is 11.9 Å². The van der Waals surface area contributed by atoms with Crippen LogP contribution >= 0.6 is 11.6 Å². The van der Waals surface area contributed by atoms with Gasteiger partial charge in [-0.05, 0) is 48.2 Å². The predicted molar refractivity (Wildman–Crippen MR) is 75.2 cm³/mol. The van der Waals surface area contributed by atoms with Crippen LogP contribution in [0.25, 0.3) is 0 Å². The maximum Gasteiger partial charge on any atom is 0.0585 e. The van der Waals surface area contributed by atoms with E-state index in [-0.39, 0.29) is 0 Å². The normalized spacial score (nSPS) is 14.4. The molecule has 3 heteroatoms. The molecule has 2 nitrogen and oxygen atoms in total. The van der Waals surface area contributed by atoms with Gasteiger partial charge in [0.15, 0.2) is 0 Å². The van der Waals surface area contributed by atoms with Crippen molar-refractivity contribution in [3.05, 3.63) is 58.4 Å². The number of fused-ring (bicyclic) bond motifs is 1. The van der Waals surface area contributed by atoms with E-state index in [4.69, 9.17) is 11.6 Å². The van der Waals surface area contributed by atoms with Crippen molar-refractivity contribution >= 4 is 17.3 Å². The first-order valence-corrected chi connectivity index (χ1v) is 6.55. The summed E-state index contributed by atoms with van der Waals surface area (Å²) in [5.41, 5.74) is 5.24. The summed E-state index contributed by atoms with van der Waals surface area (Å²) in [5, 5.41) is 0.818. The van der Waals surface area contributed by atoms with Crippen molar-refractivity contribution in [3.8, 4) is 0 Å². The van der Waals surface area contributed by atoms with Crippen molar-refractivity contribution in [2.45, 2.75) is 19.9 Å². The largest absolute Gasteiger partial charge is 0.365 e. The number of aromatic nitrogens is 1. The van der Waals surface area contributed by atoms with E-state index >= 15 is 0 Å². The van der Waals surface area contributed by atoms with Gasteiger partial charge in [-0.25, -0.2) is 0 Å². The molecular formula is C15H15ClN2. The molecule has 0 N–H and O–H groups in total. The lowest BCUT2D eigenvalue weighted by Gasteiger charge is -2.31. The van der Waals surface area contributed by atoms with Crippen LogP contribution in [0.1, 0.15) is 16.7 Å². The average Bonchev–Trinajstić information content (AvgIpc) is 2.38. The number of aryl methyl sites for hydroxylation is 1. The van der Waals surface area contributed by atoms with E-state index in [0.717, 1.165) is 24.5 Å². The lowest BCUT2D eigenvalue weighted by molar-refractivity contribution is 0.728. The van der Waals surface area contributed by atoms with Crippen LogP contribution in [0.5, 0.6) is 0 Å². The zero-order valence-corrected chi connectivity index (χ0v) is 11.1. The van der Waals surface area contributed by atoms with E-state index in [9.17, 15) is 0 Å². The van der Waals surface area contributed by atoms with Crippen LogP contribution in [0.15, 0.2) is 36.7 Å². The molecule has 1 aliphatic rings. The highest BCUT2D eigenvalue weighted by Crippen LogP contribution is 2.27. The van der Waals surface area contributed by atoms with Gasteiger partial charge in [0.25, 0.3) is 0 Å². The molecule has 0 spiro atoms. The van der Waals surface area contributed by atoms with Gasteiger partial charge >= 0.3 is 0 Å². The molecule has 0 saturated heterocycles. The lowest BCUT2D eigenvalue weighted by Crippen LogP contribution is -2.30. The first-order valence-electron chi connectivity index (χ1n) is 6.17. The number of rotatable bonds is 1. The average molecular weight is 259 g/mol. The molecule has 0 amide bonds. The first-order chi connectivity index (χ1) is 8.74. The van der Waals surface area contributed by atoms with Gasteiger partial charge in [-0.1, -0.05) is 17.7 Å². The molecule has 0 unspecified atom stereocenters. The number of hydrogen-bond acceptors (Lipinski definition) is 2. The van der Waals surface area contributed by atoms with Gasteiger partial charge in [-0.2, -0.15) is 0 Å². The number of nitrogens with zero attached hydrogens (tertiary/aromatic N) is 2. The summed E-state index contributed by atoms with van der Waals surface area (Å²) >= 11 is 6.07. The molecular weight excluding hydrogens is 244 g/mol. The molecule has 3 rings (SSSR count). The third kappa shape index (κ3) is 2.08. The van der Waals surface area contributed by atoms with Crippen molar-refractivity contribution in [2.75, 3.05) is 11.4 Å². The topological polar surface area (TPSA) is 16.1 Å². The molecule has 0 fully saturated rings. The van der Waals surface area contributed by atoms with E-state index in [1.54, 1.807) is 0 Å². The van der Waals surface area contributed by atoms with Gasteiger partial charge in [0.1, 0.15) is 0 Å². The van der Waals surface area contributed by atoms with Crippen LogP contribution in [-0.2, 0) is 13.0 Å². The summed E-state index contributed by atoms with van der Waals surface area (Å²) in [6, 6.07) is 8.26. The minimum absolute atomic E-state index is 0.818. The fraction of sp³-hybridized carbons (Fsp3) is 0.267. The van der Waals surface area contributed by atoms with Crippen LogP contribution < -0.4 is 4.90 Å². The summed E-state index contributed by atoms with van der Waals surface area (Å²) in [7, 11) is 0. The summed E-state index contributed by atoms with van der Waals surface area (Å²) in [5.74, 6) is 0. The monoisotopic (exact) mass is 258 g/mol. The van der Waals surface area contributed by atoms with Crippen molar-refractivity contribution in [3.63, 3.8) is 0 Å². The second-order valence-corrected chi connectivity index (χ2v) is 5.18. The zero-order valence-electron chi connectivity index (χ0n) is 10.4. The molecule has 2 aromatic rings. The Balaban J connectivity index is 1.93. The number of hydrogen-bond donors (Lipinski definition) is 0. The first kappa shape index (κ1) is 11.5. The van der Waals surface area contributed by atoms with Crippen LogP contribution in [0, 0.1) is 6.92 Å². The van der Waals surface area contributed by atoms with Crippen molar-refractivity contribution in [2.24, 2.45) is 0 Å². The Bertz CT molecular complexity index is 580. The smallest absolute Gasteiger partial charge is 0.0585 e. The van der Waals surface area contributed by atoms with Gasteiger partial charge in [-0.15, -0.1) is 0 Å². The standard InChI is InChI=1S/C15H15ClN2/c1-11-4-6-17-9-15(11)18-7-5-12-2-3-14(16)8-13(12)10-18/h2-4,6,8-9H,5,7,10H2,1H3. The van der Waals surface area contributed by atoms with E-state index in [0.29, 0.717) is 0 Å². The molecule has 1 aromatic carbocycles. The molecule has 0 atom stereocenters. The lowest BCUT2D eigenvalue weighted by atomic mass is 9.99. The molecule has 0 radical (unpaired) electrons. The summed E-state index contributed by atoms with van der Waals surface area (Å²) < 4.78 is 0. The second kappa shape index (κ2) is 4.62. The van der Waals surface area contributed by atoms with Crippen LogP contribution in [0.4, 0.5) is 5.69 Å². The molecule has 0 aliphatic carbocycles. The minimum Gasteiger partial charge on any atom is -0.365 e. The maximum absolute atomic E-state index is 6.07. The Morgan fingerprint density at radius 1 is 1.22 bits per heavy atom. The highest BCUT2D eigenvalue weighted by atomic mass is 35.5. The fourth-order valence-electron chi connectivity index (χ4n) is 2.52. The third-order valence-electron chi connectivity index (χ3n) is 3.53. The van der Waals surface area contributed by atoms with Crippen molar-refractivity contribution in [1.82, 2.24) is 4.98 Å². The number of pyridine rings is 1. The molecule has 18 heavy (non-hydrogen) atoms. The Kier molecular flexibility index (Phi) is 2.96. The summed E-state index contributed by atoms with van der Waals surface area (Å²) in [6.07, 6.45) is 4.86. The van der Waals surface area contributed by atoms with Crippen LogP contribution in [-0.4, -0.2) is 11.5 Å². The van der Waals surface area contributed by atoms with Crippen molar-refractivity contribution < 1.29 is 0 Å². The molecule has 0 bridgehead atoms. The van der Waals surface area contributed by atoms with E-state index < -0.39 is 0 Å². The quantitative estimate of drug-likeness (QED) is 0.777. The van der Waals surface area contributed by atoms with Crippen molar-refractivity contribution in [1.29, 1.82) is 0 Å². The van der Waals surface area contributed by atoms with E-state index in [1.807, 2.05) is 18.5 Å². The van der Waals surface area contributed by atoms with E-state index in [2.05, 4.69) is 35.0 Å². The fourth-order valence-corrected chi connectivity index (χ4v) is 2.71. The summed E-state index contributed by atoms with van der Waals surface area (Å²) in [6.45, 7) is 4.09. The Labute approximate surface area is 112 Å². The maximum atomic E-state index is 6.07. The van der Waals surface area contributed by atoms with Crippen LogP contribution in [0.2, 0.25) is 5.02 Å². The Morgan fingerprint density at radius 3 is 2.94 bits per heavy atom. The van der Waals surface area contributed by atoms with Gasteiger partial charge in [0.2, 0.25) is 0 Å². The Morgan fingerprint density at radius 2 is 2.11 bits per heavy atom. The van der Waals surface area contributed by atoms with E-state index in [1.165, 1.54) is 22.4 Å². The third-order valence-corrected chi connectivity index (χ3v) is 3.77. The van der Waals surface area contributed by atoms with Gasteiger partial charge in [0, 0.05) is 24.3 Å². The molecule has 0 saturated carbocycles. The molecule has 1 aliphatic heterocycles.